The molecule has 3 rings (SSSR count). The van der Waals surface area contributed by atoms with Crippen molar-refractivity contribution in [2.75, 3.05) is 12.1 Å². The topological polar surface area (TPSA) is 30.5 Å². The maximum atomic E-state index is 6.06. The summed E-state index contributed by atoms with van der Waals surface area (Å²) in [5, 5.41) is 4.04. The number of benzene rings is 2. The van der Waals surface area contributed by atoms with E-state index in [0.717, 1.165) is 27.2 Å². The van der Waals surface area contributed by atoms with Crippen LogP contribution in [-0.4, -0.2) is 6.79 Å². The van der Waals surface area contributed by atoms with Crippen LogP contribution in [0.1, 0.15) is 5.56 Å². The Morgan fingerprint density at radius 2 is 1.95 bits per heavy atom. The van der Waals surface area contributed by atoms with Gasteiger partial charge in [-0.3, -0.25) is 0 Å². The van der Waals surface area contributed by atoms with Crippen LogP contribution >= 0.6 is 27.5 Å². The van der Waals surface area contributed by atoms with Crippen molar-refractivity contribution < 1.29 is 9.47 Å². The summed E-state index contributed by atoms with van der Waals surface area (Å²) in [6.07, 6.45) is 0. The molecule has 1 aliphatic rings. The minimum atomic E-state index is 0.293. The predicted octanol–water partition coefficient (Wildman–Crippen LogP) is 4.44. The summed E-state index contributed by atoms with van der Waals surface area (Å²) in [6.45, 7) is 0.994. The van der Waals surface area contributed by atoms with Crippen LogP contribution in [0.15, 0.2) is 40.9 Å². The molecule has 0 saturated heterocycles. The van der Waals surface area contributed by atoms with E-state index in [9.17, 15) is 0 Å². The van der Waals surface area contributed by atoms with Gasteiger partial charge < -0.3 is 14.8 Å². The smallest absolute Gasteiger partial charge is 0.231 e. The largest absolute Gasteiger partial charge is 0.454 e. The molecule has 0 atom stereocenters. The van der Waals surface area contributed by atoms with E-state index in [2.05, 4.69) is 21.2 Å². The Morgan fingerprint density at radius 1 is 1.11 bits per heavy atom. The van der Waals surface area contributed by atoms with Crippen LogP contribution in [0, 0.1) is 0 Å². The van der Waals surface area contributed by atoms with Crippen molar-refractivity contribution in [3.63, 3.8) is 0 Å². The van der Waals surface area contributed by atoms with Gasteiger partial charge in [-0.2, -0.15) is 0 Å². The lowest BCUT2D eigenvalue weighted by atomic mass is 10.2. The maximum absolute atomic E-state index is 6.06. The average molecular weight is 341 g/mol. The number of rotatable bonds is 3. The van der Waals surface area contributed by atoms with E-state index in [1.54, 1.807) is 0 Å². The van der Waals surface area contributed by atoms with E-state index in [1.807, 2.05) is 36.4 Å². The second kappa shape index (κ2) is 5.31. The summed E-state index contributed by atoms with van der Waals surface area (Å²) in [6, 6.07) is 11.7. The third-order valence-electron chi connectivity index (χ3n) is 2.85. The fourth-order valence-corrected chi connectivity index (χ4v) is 2.31. The first-order valence-electron chi connectivity index (χ1n) is 5.80. The molecule has 98 valence electrons. The molecule has 5 heteroatoms. The van der Waals surface area contributed by atoms with Crippen molar-refractivity contribution in [3.8, 4) is 11.5 Å². The third-order valence-corrected chi connectivity index (χ3v) is 4.09. The van der Waals surface area contributed by atoms with Crippen molar-refractivity contribution in [1.82, 2.24) is 0 Å². The number of hydrogen-bond donors (Lipinski definition) is 1. The molecule has 0 amide bonds. The zero-order valence-electron chi connectivity index (χ0n) is 9.95. The number of anilines is 1. The number of fused-ring (bicyclic) bond motifs is 1. The number of halogens is 2. The molecule has 0 bridgehead atoms. The Kier molecular flexibility index (Phi) is 3.53. The predicted molar refractivity (Wildman–Crippen MR) is 79.0 cm³/mol. The van der Waals surface area contributed by atoms with Crippen molar-refractivity contribution in [3.05, 3.63) is 51.5 Å². The molecule has 2 aromatic rings. The number of ether oxygens (including phenoxy) is 2. The van der Waals surface area contributed by atoms with Crippen molar-refractivity contribution >= 4 is 33.2 Å². The molecule has 0 fully saturated rings. The lowest BCUT2D eigenvalue weighted by Crippen LogP contribution is -1.99. The highest BCUT2D eigenvalue weighted by Gasteiger charge is 2.12. The molecule has 0 spiro atoms. The lowest BCUT2D eigenvalue weighted by molar-refractivity contribution is 0.174. The molecular formula is C14H11BrClNO2. The van der Waals surface area contributed by atoms with Gasteiger partial charge >= 0.3 is 0 Å². The molecule has 1 N–H and O–H groups in total. The van der Waals surface area contributed by atoms with E-state index in [-0.39, 0.29) is 0 Å². The second-order valence-corrected chi connectivity index (χ2v) is 5.43. The van der Waals surface area contributed by atoms with Gasteiger partial charge in [0.2, 0.25) is 6.79 Å². The lowest BCUT2D eigenvalue weighted by Gasteiger charge is -2.08. The zero-order valence-corrected chi connectivity index (χ0v) is 12.3. The molecule has 1 heterocycles. The molecule has 1 aliphatic heterocycles. The zero-order chi connectivity index (χ0) is 13.2. The summed E-state index contributed by atoms with van der Waals surface area (Å²) >= 11 is 9.44. The van der Waals surface area contributed by atoms with Crippen molar-refractivity contribution in [2.24, 2.45) is 0 Å². The summed E-state index contributed by atoms with van der Waals surface area (Å²) in [5.74, 6) is 1.57. The van der Waals surface area contributed by atoms with Crippen LogP contribution < -0.4 is 14.8 Å². The molecule has 3 nitrogen and oxygen atoms in total. The van der Waals surface area contributed by atoms with Gasteiger partial charge in [0.25, 0.3) is 0 Å². The molecule has 0 aromatic heterocycles. The van der Waals surface area contributed by atoms with Gasteiger partial charge in [-0.25, -0.2) is 0 Å². The Morgan fingerprint density at radius 3 is 2.79 bits per heavy atom. The highest BCUT2D eigenvalue weighted by atomic mass is 79.9. The van der Waals surface area contributed by atoms with Crippen molar-refractivity contribution in [2.45, 2.75) is 6.54 Å². The molecule has 2 aromatic carbocycles. The van der Waals surface area contributed by atoms with Crippen LogP contribution in [0.25, 0.3) is 0 Å². The number of hydrogen-bond acceptors (Lipinski definition) is 3. The first-order valence-corrected chi connectivity index (χ1v) is 6.97. The van der Waals surface area contributed by atoms with Gasteiger partial charge in [0, 0.05) is 22.8 Å². The van der Waals surface area contributed by atoms with E-state index in [4.69, 9.17) is 21.1 Å². The van der Waals surface area contributed by atoms with E-state index >= 15 is 0 Å². The molecule has 0 unspecified atom stereocenters. The van der Waals surface area contributed by atoms with E-state index < -0.39 is 0 Å². The quantitative estimate of drug-likeness (QED) is 0.896. The average Bonchev–Trinajstić information content (AvgIpc) is 2.87. The molecular weight excluding hydrogens is 330 g/mol. The van der Waals surface area contributed by atoms with Crippen LogP contribution in [-0.2, 0) is 6.54 Å². The summed E-state index contributed by atoms with van der Waals surface area (Å²) in [4.78, 5) is 0. The SMILES string of the molecule is Clc1cc(CNc2ccc3c(c2)OCO3)ccc1Br. The van der Waals surface area contributed by atoms with Gasteiger partial charge in [-0.1, -0.05) is 17.7 Å². The van der Waals surface area contributed by atoms with Crippen molar-refractivity contribution in [1.29, 1.82) is 0 Å². The molecule has 0 aliphatic carbocycles. The third kappa shape index (κ3) is 2.80. The van der Waals surface area contributed by atoms with Crippen LogP contribution in [0.5, 0.6) is 11.5 Å². The fraction of sp³-hybridized carbons (Fsp3) is 0.143. The standard InChI is InChI=1S/C14H11BrClNO2/c15-11-3-1-9(5-12(11)16)7-17-10-2-4-13-14(6-10)19-8-18-13/h1-6,17H,7-8H2. The Labute approximate surface area is 124 Å². The fourth-order valence-electron chi connectivity index (χ4n) is 1.86. The maximum Gasteiger partial charge on any atom is 0.231 e. The molecule has 0 saturated carbocycles. The Bertz CT molecular complexity index is 618. The monoisotopic (exact) mass is 339 g/mol. The summed E-state index contributed by atoms with van der Waals surface area (Å²) in [5.41, 5.74) is 2.11. The normalized spacial score (nSPS) is 12.5. The van der Waals surface area contributed by atoms with Crippen LogP contribution in [0.4, 0.5) is 5.69 Å². The molecule has 19 heavy (non-hydrogen) atoms. The Balaban J connectivity index is 1.70. The minimum Gasteiger partial charge on any atom is -0.454 e. The summed E-state index contributed by atoms with van der Waals surface area (Å²) in [7, 11) is 0. The first kappa shape index (κ1) is 12.6. The minimum absolute atomic E-state index is 0.293. The number of nitrogens with one attached hydrogen (secondary N) is 1. The van der Waals surface area contributed by atoms with E-state index in [1.165, 1.54) is 0 Å². The van der Waals surface area contributed by atoms with Crippen LogP contribution in [0.2, 0.25) is 5.02 Å². The van der Waals surface area contributed by atoms with Gasteiger partial charge in [0.05, 0.1) is 5.02 Å². The van der Waals surface area contributed by atoms with Gasteiger partial charge in [-0.15, -0.1) is 0 Å². The molecule has 0 radical (unpaired) electrons. The first-order chi connectivity index (χ1) is 9.22. The van der Waals surface area contributed by atoms with Gasteiger partial charge in [-0.05, 0) is 45.8 Å². The van der Waals surface area contributed by atoms with E-state index in [0.29, 0.717) is 18.4 Å². The highest BCUT2D eigenvalue weighted by molar-refractivity contribution is 9.10. The van der Waals surface area contributed by atoms with Gasteiger partial charge in [0.1, 0.15) is 0 Å². The van der Waals surface area contributed by atoms with Crippen LogP contribution in [0.3, 0.4) is 0 Å². The summed E-state index contributed by atoms with van der Waals surface area (Å²) < 4.78 is 11.5. The highest BCUT2D eigenvalue weighted by Crippen LogP contribution is 2.34. The van der Waals surface area contributed by atoms with Gasteiger partial charge in [0.15, 0.2) is 11.5 Å². The Hall–Kier alpha value is -1.39. The second-order valence-electron chi connectivity index (χ2n) is 4.17.